The van der Waals surface area contributed by atoms with Crippen molar-refractivity contribution < 1.29 is 14.7 Å². The van der Waals surface area contributed by atoms with Crippen LogP contribution in [0.3, 0.4) is 0 Å². The van der Waals surface area contributed by atoms with Crippen LogP contribution in [0.2, 0.25) is 0 Å². The zero-order valence-electron chi connectivity index (χ0n) is 12.5. The Morgan fingerprint density at radius 2 is 2.05 bits per heavy atom. The van der Waals surface area contributed by atoms with Gasteiger partial charge in [0.15, 0.2) is 0 Å². The summed E-state index contributed by atoms with van der Waals surface area (Å²) in [6, 6.07) is 9.33. The van der Waals surface area contributed by atoms with Crippen LogP contribution in [0, 0.1) is 0 Å². The second-order valence-electron chi connectivity index (χ2n) is 5.66. The van der Waals surface area contributed by atoms with E-state index in [1.54, 1.807) is 6.92 Å². The Labute approximate surface area is 125 Å². The number of nitrogens with zero attached hydrogens (tertiary/aromatic N) is 1. The fourth-order valence-electron chi connectivity index (χ4n) is 2.84. The third-order valence-electron chi connectivity index (χ3n) is 4.25. The first kappa shape index (κ1) is 15.4. The molecule has 21 heavy (non-hydrogen) atoms. The summed E-state index contributed by atoms with van der Waals surface area (Å²) in [4.78, 5) is 25.3. The number of hydrogen-bond donors (Lipinski definition) is 2. The molecule has 0 spiro atoms. The number of carboxylic acid groups (broad SMARTS) is 1. The molecular formula is C16H22N2O3. The number of aliphatic carboxylic acids is 1. The molecule has 5 nitrogen and oxygen atoms in total. The van der Waals surface area contributed by atoms with Gasteiger partial charge < -0.3 is 15.3 Å². The minimum Gasteiger partial charge on any atom is -0.480 e. The van der Waals surface area contributed by atoms with E-state index in [0.717, 1.165) is 18.4 Å². The van der Waals surface area contributed by atoms with Crippen molar-refractivity contribution in [1.29, 1.82) is 0 Å². The van der Waals surface area contributed by atoms with Gasteiger partial charge in [0.25, 0.3) is 0 Å². The van der Waals surface area contributed by atoms with E-state index in [2.05, 4.69) is 5.32 Å². The van der Waals surface area contributed by atoms with Gasteiger partial charge in [0, 0.05) is 6.54 Å². The van der Waals surface area contributed by atoms with E-state index >= 15 is 0 Å². The summed E-state index contributed by atoms with van der Waals surface area (Å²) in [5.74, 6) is -0.942. The Balaban J connectivity index is 2.11. The van der Waals surface area contributed by atoms with Crippen LogP contribution >= 0.6 is 0 Å². The number of carbonyl (C=O) groups excluding carboxylic acids is 1. The SMILES string of the molecule is CCC(NC(=O)N1CCCC1(C)C(=O)O)c1ccccc1. The fraction of sp³-hybridized carbons (Fsp3) is 0.500. The van der Waals surface area contributed by atoms with Crippen LogP contribution < -0.4 is 5.32 Å². The highest BCUT2D eigenvalue weighted by Crippen LogP contribution is 2.30. The molecule has 0 aliphatic carbocycles. The highest BCUT2D eigenvalue weighted by molar-refractivity contribution is 5.86. The Bertz CT molecular complexity index is 518. The second kappa shape index (κ2) is 6.16. The van der Waals surface area contributed by atoms with Crippen molar-refractivity contribution in [3.63, 3.8) is 0 Å². The zero-order valence-corrected chi connectivity index (χ0v) is 12.5. The molecule has 1 aromatic carbocycles. The zero-order chi connectivity index (χ0) is 15.5. The minimum atomic E-state index is -1.10. The maximum absolute atomic E-state index is 12.5. The topological polar surface area (TPSA) is 69.6 Å². The molecule has 2 unspecified atom stereocenters. The molecule has 0 aromatic heterocycles. The van der Waals surface area contributed by atoms with E-state index in [0.29, 0.717) is 13.0 Å². The summed E-state index contributed by atoms with van der Waals surface area (Å²) in [5.41, 5.74) is -0.0661. The third-order valence-corrected chi connectivity index (χ3v) is 4.25. The highest BCUT2D eigenvalue weighted by atomic mass is 16.4. The van der Waals surface area contributed by atoms with Gasteiger partial charge in [-0.05, 0) is 31.7 Å². The maximum atomic E-state index is 12.5. The third kappa shape index (κ3) is 3.01. The number of likely N-dealkylation sites (tertiary alicyclic amines) is 1. The Kier molecular flexibility index (Phi) is 4.50. The molecule has 2 N–H and O–H groups in total. The molecule has 1 aliphatic rings. The molecule has 114 valence electrons. The first-order valence-corrected chi connectivity index (χ1v) is 7.35. The lowest BCUT2D eigenvalue weighted by atomic mass is 9.99. The molecule has 0 saturated carbocycles. The van der Waals surface area contributed by atoms with Gasteiger partial charge in [-0.25, -0.2) is 9.59 Å². The smallest absolute Gasteiger partial charge is 0.329 e. The first-order valence-electron chi connectivity index (χ1n) is 7.35. The molecular weight excluding hydrogens is 268 g/mol. The number of benzene rings is 1. The van der Waals surface area contributed by atoms with Gasteiger partial charge in [-0.2, -0.15) is 0 Å². The molecule has 2 atom stereocenters. The average molecular weight is 290 g/mol. The largest absolute Gasteiger partial charge is 0.480 e. The lowest BCUT2D eigenvalue weighted by Gasteiger charge is -2.32. The van der Waals surface area contributed by atoms with Gasteiger partial charge >= 0.3 is 12.0 Å². The number of nitrogens with one attached hydrogen (secondary N) is 1. The lowest BCUT2D eigenvalue weighted by Crippen LogP contribution is -2.54. The van der Waals surface area contributed by atoms with E-state index in [9.17, 15) is 14.7 Å². The summed E-state index contributed by atoms with van der Waals surface area (Å²) in [5, 5.41) is 12.3. The molecule has 2 amide bonds. The lowest BCUT2D eigenvalue weighted by molar-refractivity contribution is -0.147. The van der Waals surface area contributed by atoms with Gasteiger partial charge in [-0.15, -0.1) is 0 Å². The molecule has 0 radical (unpaired) electrons. The van der Waals surface area contributed by atoms with Gasteiger partial charge in [0.1, 0.15) is 5.54 Å². The Hall–Kier alpha value is -2.04. The molecule has 1 fully saturated rings. The van der Waals surface area contributed by atoms with Crippen molar-refractivity contribution in [3.8, 4) is 0 Å². The van der Waals surface area contributed by atoms with Crippen molar-refractivity contribution in [2.45, 2.75) is 44.7 Å². The van der Waals surface area contributed by atoms with E-state index in [1.807, 2.05) is 37.3 Å². The molecule has 5 heteroatoms. The number of urea groups is 1. The predicted octanol–water partition coefficient (Wildman–Crippen LogP) is 2.79. The normalized spacial score (nSPS) is 22.9. The molecule has 1 aliphatic heterocycles. The molecule has 1 heterocycles. The summed E-state index contributed by atoms with van der Waals surface area (Å²) in [6.45, 7) is 4.10. The quantitative estimate of drug-likeness (QED) is 0.896. The summed E-state index contributed by atoms with van der Waals surface area (Å²) >= 11 is 0. The van der Waals surface area contributed by atoms with E-state index in [-0.39, 0.29) is 12.1 Å². The number of carboxylic acids is 1. The van der Waals surface area contributed by atoms with Crippen molar-refractivity contribution in [1.82, 2.24) is 10.2 Å². The van der Waals surface area contributed by atoms with Crippen LogP contribution in [-0.4, -0.2) is 34.1 Å². The summed E-state index contributed by atoms with van der Waals surface area (Å²) in [7, 11) is 0. The van der Waals surface area contributed by atoms with E-state index < -0.39 is 11.5 Å². The van der Waals surface area contributed by atoms with Crippen LogP contribution in [0.5, 0.6) is 0 Å². The first-order chi connectivity index (χ1) is 9.99. The fourth-order valence-corrected chi connectivity index (χ4v) is 2.84. The molecule has 1 saturated heterocycles. The van der Waals surface area contributed by atoms with Gasteiger partial charge in [0.2, 0.25) is 0 Å². The van der Waals surface area contributed by atoms with Crippen LogP contribution in [0.1, 0.15) is 44.7 Å². The van der Waals surface area contributed by atoms with E-state index in [4.69, 9.17) is 0 Å². The van der Waals surface area contributed by atoms with Crippen molar-refractivity contribution in [2.75, 3.05) is 6.54 Å². The Morgan fingerprint density at radius 3 is 2.62 bits per heavy atom. The molecule has 1 aromatic rings. The number of rotatable bonds is 4. The van der Waals surface area contributed by atoms with Crippen molar-refractivity contribution in [2.24, 2.45) is 0 Å². The van der Waals surface area contributed by atoms with Gasteiger partial charge in [-0.3, -0.25) is 0 Å². The standard InChI is InChI=1S/C16H22N2O3/c1-3-13(12-8-5-4-6-9-12)17-15(21)18-11-7-10-16(18,2)14(19)20/h4-6,8-9,13H,3,7,10-11H2,1-2H3,(H,17,21)(H,19,20). The minimum absolute atomic E-state index is 0.0997. The summed E-state index contributed by atoms with van der Waals surface area (Å²) < 4.78 is 0. The van der Waals surface area contributed by atoms with Crippen LogP contribution in [0.25, 0.3) is 0 Å². The number of hydrogen-bond acceptors (Lipinski definition) is 2. The van der Waals surface area contributed by atoms with Crippen LogP contribution in [0.4, 0.5) is 4.79 Å². The average Bonchev–Trinajstić information content (AvgIpc) is 2.89. The number of carbonyl (C=O) groups is 2. The molecule has 0 bridgehead atoms. The maximum Gasteiger partial charge on any atom is 0.329 e. The second-order valence-corrected chi connectivity index (χ2v) is 5.66. The van der Waals surface area contributed by atoms with Gasteiger partial charge in [-0.1, -0.05) is 37.3 Å². The number of amides is 2. The van der Waals surface area contributed by atoms with E-state index in [1.165, 1.54) is 4.90 Å². The predicted molar refractivity (Wildman–Crippen MR) is 80.0 cm³/mol. The monoisotopic (exact) mass is 290 g/mol. The highest BCUT2D eigenvalue weighted by Gasteiger charge is 2.46. The van der Waals surface area contributed by atoms with Crippen LogP contribution in [0.15, 0.2) is 30.3 Å². The van der Waals surface area contributed by atoms with Gasteiger partial charge in [0.05, 0.1) is 6.04 Å². The van der Waals surface area contributed by atoms with Crippen molar-refractivity contribution >= 4 is 12.0 Å². The molecule has 2 rings (SSSR count). The summed E-state index contributed by atoms with van der Waals surface area (Å²) in [6.07, 6.45) is 1.98. The van der Waals surface area contributed by atoms with Crippen LogP contribution in [-0.2, 0) is 4.79 Å². The van der Waals surface area contributed by atoms with Crippen molar-refractivity contribution in [3.05, 3.63) is 35.9 Å². The Morgan fingerprint density at radius 1 is 1.38 bits per heavy atom.